The van der Waals surface area contributed by atoms with Crippen LogP contribution >= 0.6 is 0 Å². The average Bonchev–Trinajstić information content (AvgIpc) is 3.02. The number of carboxylic acids is 1. The van der Waals surface area contributed by atoms with Gasteiger partial charge in [0.1, 0.15) is 0 Å². The molecule has 0 bridgehead atoms. The van der Waals surface area contributed by atoms with Gasteiger partial charge in [0.05, 0.1) is 17.1 Å². The number of carboxylic acid groups (broad SMARTS) is 1. The Labute approximate surface area is 109 Å². The molecule has 2 fully saturated rings. The number of rotatable bonds is 6. The Morgan fingerprint density at radius 1 is 1.39 bits per heavy atom. The van der Waals surface area contributed by atoms with Crippen molar-refractivity contribution < 1.29 is 14.6 Å². The first kappa shape index (κ1) is 13.8. The van der Waals surface area contributed by atoms with E-state index in [0.29, 0.717) is 12.3 Å². The third-order valence-corrected chi connectivity index (χ3v) is 4.39. The molecule has 0 radical (unpaired) electrons. The zero-order chi connectivity index (χ0) is 13.4. The molecule has 0 spiro atoms. The average molecular weight is 255 g/mol. The summed E-state index contributed by atoms with van der Waals surface area (Å²) in [6.07, 6.45) is 5.61. The second-order valence-corrected chi connectivity index (χ2v) is 6.68. The highest BCUT2D eigenvalue weighted by atomic mass is 16.5. The number of nitrogens with two attached hydrogens (primary N) is 1. The van der Waals surface area contributed by atoms with Gasteiger partial charge in [-0.25, -0.2) is 0 Å². The van der Waals surface area contributed by atoms with Crippen LogP contribution in [0.2, 0.25) is 0 Å². The lowest BCUT2D eigenvalue weighted by atomic mass is 9.77. The summed E-state index contributed by atoms with van der Waals surface area (Å²) in [5.74, 6) is -0.177. The molecule has 2 unspecified atom stereocenters. The predicted octanol–water partition coefficient (Wildman–Crippen LogP) is 2.16. The first-order valence-corrected chi connectivity index (χ1v) is 6.98. The molecule has 0 aromatic carbocycles. The lowest BCUT2D eigenvalue weighted by molar-refractivity contribution is -0.152. The van der Waals surface area contributed by atoms with Gasteiger partial charge in [0.2, 0.25) is 0 Å². The van der Waals surface area contributed by atoms with E-state index in [-0.39, 0.29) is 18.2 Å². The Balaban J connectivity index is 2.02. The maximum Gasteiger partial charge on any atom is 0.311 e. The van der Waals surface area contributed by atoms with E-state index >= 15 is 0 Å². The minimum atomic E-state index is -0.772. The van der Waals surface area contributed by atoms with Crippen LogP contribution in [0.15, 0.2) is 0 Å². The van der Waals surface area contributed by atoms with Gasteiger partial charge in [-0.2, -0.15) is 0 Å². The Hall–Kier alpha value is -0.610. The number of hydrogen-bond acceptors (Lipinski definition) is 3. The summed E-state index contributed by atoms with van der Waals surface area (Å²) in [7, 11) is 0. The van der Waals surface area contributed by atoms with Crippen molar-refractivity contribution in [3.63, 3.8) is 0 Å². The maximum atomic E-state index is 11.6. The smallest absolute Gasteiger partial charge is 0.311 e. The fourth-order valence-corrected chi connectivity index (χ4v) is 3.04. The second kappa shape index (κ2) is 4.82. The highest BCUT2D eigenvalue weighted by molar-refractivity contribution is 5.75. The molecular formula is C14H25NO3. The lowest BCUT2D eigenvalue weighted by Crippen LogP contribution is -2.42. The molecule has 2 atom stereocenters. The van der Waals surface area contributed by atoms with Gasteiger partial charge in [0, 0.05) is 6.54 Å². The SMILES string of the molecule is CC1(C)CCC(CC(CN)(CC2CC2)C(=O)O)O1. The van der Waals surface area contributed by atoms with Crippen LogP contribution < -0.4 is 5.73 Å². The number of aliphatic carboxylic acids is 1. The topological polar surface area (TPSA) is 72.6 Å². The minimum absolute atomic E-state index is 0.0541. The predicted molar refractivity (Wildman–Crippen MR) is 69.3 cm³/mol. The summed E-state index contributed by atoms with van der Waals surface area (Å²) in [4.78, 5) is 11.6. The van der Waals surface area contributed by atoms with E-state index in [0.717, 1.165) is 32.1 Å². The summed E-state index contributed by atoms with van der Waals surface area (Å²) in [5.41, 5.74) is 4.91. The number of carbonyl (C=O) groups is 1. The maximum absolute atomic E-state index is 11.6. The molecule has 1 aliphatic heterocycles. The van der Waals surface area contributed by atoms with Crippen LogP contribution in [0.25, 0.3) is 0 Å². The molecule has 0 aromatic heterocycles. The fourth-order valence-electron chi connectivity index (χ4n) is 3.04. The van der Waals surface area contributed by atoms with Gasteiger partial charge in [-0.1, -0.05) is 12.8 Å². The van der Waals surface area contributed by atoms with Crippen molar-refractivity contribution in [2.45, 2.75) is 64.1 Å². The highest BCUT2D eigenvalue weighted by Crippen LogP contribution is 2.44. The lowest BCUT2D eigenvalue weighted by Gasteiger charge is -2.31. The second-order valence-electron chi connectivity index (χ2n) is 6.68. The molecule has 2 aliphatic rings. The van der Waals surface area contributed by atoms with Crippen molar-refractivity contribution in [1.29, 1.82) is 0 Å². The monoisotopic (exact) mass is 255 g/mol. The van der Waals surface area contributed by atoms with Gasteiger partial charge < -0.3 is 15.6 Å². The molecule has 1 saturated carbocycles. The van der Waals surface area contributed by atoms with Crippen molar-refractivity contribution in [2.75, 3.05) is 6.54 Å². The van der Waals surface area contributed by atoms with Gasteiger partial charge in [0.15, 0.2) is 0 Å². The zero-order valence-electron chi connectivity index (χ0n) is 11.4. The van der Waals surface area contributed by atoms with Gasteiger partial charge in [0.25, 0.3) is 0 Å². The third kappa shape index (κ3) is 3.04. The van der Waals surface area contributed by atoms with Gasteiger partial charge >= 0.3 is 5.97 Å². The van der Waals surface area contributed by atoms with Gasteiger partial charge in [-0.15, -0.1) is 0 Å². The summed E-state index contributed by atoms with van der Waals surface area (Å²) in [6, 6.07) is 0. The van der Waals surface area contributed by atoms with Crippen LogP contribution in [-0.2, 0) is 9.53 Å². The minimum Gasteiger partial charge on any atom is -0.481 e. The van der Waals surface area contributed by atoms with E-state index in [1.54, 1.807) is 0 Å². The van der Waals surface area contributed by atoms with Crippen LogP contribution in [0.4, 0.5) is 0 Å². The third-order valence-electron chi connectivity index (χ3n) is 4.39. The van der Waals surface area contributed by atoms with Crippen LogP contribution in [0.1, 0.15) is 52.4 Å². The number of ether oxygens (including phenoxy) is 1. The van der Waals surface area contributed by atoms with Crippen LogP contribution in [0, 0.1) is 11.3 Å². The van der Waals surface area contributed by atoms with Gasteiger partial charge in [-0.05, 0) is 45.4 Å². The molecule has 2 rings (SSSR count). The fraction of sp³-hybridized carbons (Fsp3) is 0.929. The van der Waals surface area contributed by atoms with Crippen molar-refractivity contribution >= 4 is 5.97 Å². The Bertz CT molecular complexity index is 325. The Morgan fingerprint density at radius 3 is 2.44 bits per heavy atom. The molecule has 1 saturated heterocycles. The summed E-state index contributed by atoms with van der Waals surface area (Å²) < 4.78 is 5.94. The first-order chi connectivity index (χ1) is 8.37. The number of hydrogen-bond donors (Lipinski definition) is 2. The van der Waals surface area contributed by atoms with Crippen molar-refractivity contribution in [3.8, 4) is 0 Å². The molecule has 1 heterocycles. The van der Waals surface area contributed by atoms with E-state index in [1.165, 1.54) is 0 Å². The quantitative estimate of drug-likeness (QED) is 0.763. The van der Waals surface area contributed by atoms with E-state index in [4.69, 9.17) is 10.5 Å². The standard InChI is InChI=1S/C14H25NO3/c1-13(2)6-5-11(18-13)8-14(9-15,12(16)17)7-10-3-4-10/h10-11H,3-9,15H2,1-2H3,(H,16,17). The van der Waals surface area contributed by atoms with Crippen molar-refractivity contribution in [1.82, 2.24) is 0 Å². The molecule has 4 heteroatoms. The Morgan fingerprint density at radius 2 is 2.06 bits per heavy atom. The molecule has 0 aromatic rings. The van der Waals surface area contributed by atoms with Crippen LogP contribution in [-0.4, -0.2) is 29.3 Å². The first-order valence-electron chi connectivity index (χ1n) is 6.98. The van der Waals surface area contributed by atoms with Crippen LogP contribution in [0.3, 0.4) is 0 Å². The molecule has 1 aliphatic carbocycles. The van der Waals surface area contributed by atoms with Crippen molar-refractivity contribution in [2.24, 2.45) is 17.1 Å². The van der Waals surface area contributed by atoms with E-state index in [2.05, 4.69) is 13.8 Å². The summed E-state index contributed by atoms with van der Waals surface area (Å²) in [6.45, 7) is 4.36. The molecule has 3 N–H and O–H groups in total. The molecule has 18 heavy (non-hydrogen) atoms. The molecule has 104 valence electrons. The molecule has 4 nitrogen and oxygen atoms in total. The van der Waals surface area contributed by atoms with Crippen molar-refractivity contribution in [3.05, 3.63) is 0 Å². The summed E-state index contributed by atoms with van der Waals surface area (Å²) in [5, 5.41) is 9.56. The largest absolute Gasteiger partial charge is 0.481 e. The highest BCUT2D eigenvalue weighted by Gasteiger charge is 2.46. The van der Waals surface area contributed by atoms with E-state index < -0.39 is 11.4 Å². The van der Waals surface area contributed by atoms with E-state index in [9.17, 15) is 9.90 Å². The summed E-state index contributed by atoms with van der Waals surface area (Å²) >= 11 is 0. The van der Waals surface area contributed by atoms with E-state index in [1.807, 2.05) is 0 Å². The Kier molecular flexibility index (Phi) is 3.70. The van der Waals surface area contributed by atoms with Crippen LogP contribution in [0.5, 0.6) is 0 Å². The normalized spacial score (nSPS) is 30.1. The molecular weight excluding hydrogens is 230 g/mol. The molecule has 0 amide bonds. The van der Waals surface area contributed by atoms with Gasteiger partial charge in [-0.3, -0.25) is 4.79 Å². The zero-order valence-corrected chi connectivity index (χ0v) is 11.4.